The molecule has 0 bridgehead atoms. The van der Waals surface area contributed by atoms with Crippen molar-refractivity contribution in [1.29, 1.82) is 0 Å². The van der Waals surface area contributed by atoms with E-state index in [0.29, 0.717) is 16.3 Å². The number of phenols is 2. The highest BCUT2D eigenvalue weighted by Gasteiger charge is 2.16. The molecule has 0 amide bonds. The number of phenolic OH excluding ortho intramolecular Hbond substituents is 2. The molecule has 2 rings (SSSR count). The maximum absolute atomic E-state index is 11.0. The van der Waals surface area contributed by atoms with Gasteiger partial charge in [-0.05, 0) is 30.6 Å². The Morgan fingerprint density at radius 1 is 1.45 bits per heavy atom. The summed E-state index contributed by atoms with van der Waals surface area (Å²) in [5, 5.41) is 31.9. The fourth-order valence-corrected chi connectivity index (χ4v) is 2.24. The molecule has 0 atom stereocenters. The molecule has 7 nitrogen and oxygen atoms in total. The summed E-state index contributed by atoms with van der Waals surface area (Å²) in [4.78, 5) is 11.0. The largest absolute Gasteiger partial charge is 0.508 e. The van der Waals surface area contributed by atoms with Crippen LogP contribution in [0.4, 0.5) is 5.00 Å². The first-order valence-corrected chi connectivity index (χ1v) is 6.27. The second kappa shape index (κ2) is 5.57. The molecule has 1 aromatic heterocycles. The molecule has 1 heterocycles. The van der Waals surface area contributed by atoms with Crippen molar-refractivity contribution in [3.63, 3.8) is 0 Å². The van der Waals surface area contributed by atoms with Gasteiger partial charge in [-0.1, -0.05) is 0 Å². The van der Waals surface area contributed by atoms with Crippen LogP contribution < -0.4 is 5.43 Å². The van der Waals surface area contributed by atoms with Crippen molar-refractivity contribution < 1.29 is 20.1 Å². The number of carboxylic acids is 1. The van der Waals surface area contributed by atoms with Crippen LogP contribution in [-0.4, -0.2) is 31.9 Å². The molecular weight excluding hydrogens is 282 g/mol. The minimum Gasteiger partial charge on any atom is -0.508 e. The van der Waals surface area contributed by atoms with E-state index in [1.165, 1.54) is 24.4 Å². The number of hydrazone groups is 1. The summed E-state index contributed by atoms with van der Waals surface area (Å²) in [7, 11) is 0. The molecule has 0 spiro atoms. The van der Waals surface area contributed by atoms with Gasteiger partial charge in [0, 0.05) is 11.6 Å². The number of nitrogens with one attached hydrogen (secondary N) is 1. The van der Waals surface area contributed by atoms with Gasteiger partial charge in [-0.15, -0.1) is 0 Å². The number of aryl methyl sites for hydroxylation is 1. The van der Waals surface area contributed by atoms with E-state index >= 15 is 0 Å². The zero-order valence-corrected chi connectivity index (χ0v) is 11.2. The number of anilines is 1. The molecule has 8 heteroatoms. The van der Waals surface area contributed by atoms with Gasteiger partial charge in [-0.2, -0.15) is 9.47 Å². The lowest BCUT2D eigenvalue weighted by Crippen LogP contribution is -2.01. The Bertz CT molecular complexity index is 681. The number of hydrogen-bond acceptors (Lipinski definition) is 7. The molecule has 0 saturated carbocycles. The summed E-state index contributed by atoms with van der Waals surface area (Å²) < 4.78 is 3.93. The maximum Gasteiger partial charge on any atom is 0.340 e. The molecule has 0 aliphatic heterocycles. The van der Waals surface area contributed by atoms with Crippen LogP contribution in [0.3, 0.4) is 0 Å². The van der Waals surface area contributed by atoms with Crippen LogP contribution in [0.25, 0.3) is 0 Å². The minimum atomic E-state index is -1.08. The fourth-order valence-electron chi connectivity index (χ4n) is 1.50. The van der Waals surface area contributed by atoms with E-state index in [9.17, 15) is 9.90 Å². The van der Waals surface area contributed by atoms with E-state index in [1.807, 2.05) is 0 Å². The molecule has 2 aromatic rings. The van der Waals surface area contributed by atoms with Crippen LogP contribution in [0.15, 0.2) is 23.3 Å². The number of nitrogens with zero attached hydrogens (tertiary/aromatic N) is 2. The van der Waals surface area contributed by atoms with Gasteiger partial charge in [0.15, 0.2) is 0 Å². The van der Waals surface area contributed by atoms with Gasteiger partial charge in [0.1, 0.15) is 22.1 Å². The number of aromatic nitrogens is 1. The van der Waals surface area contributed by atoms with Crippen LogP contribution in [0.1, 0.15) is 21.6 Å². The van der Waals surface area contributed by atoms with E-state index < -0.39 is 5.97 Å². The van der Waals surface area contributed by atoms with Crippen LogP contribution in [0, 0.1) is 6.92 Å². The van der Waals surface area contributed by atoms with Crippen molar-refractivity contribution in [2.45, 2.75) is 6.92 Å². The predicted octanol–water partition coefficient (Wildman–Crippen LogP) is 2.01. The van der Waals surface area contributed by atoms with Gasteiger partial charge in [0.25, 0.3) is 0 Å². The van der Waals surface area contributed by atoms with Crippen molar-refractivity contribution in [3.8, 4) is 11.5 Å². The first-order chi connectivity index (χ1) is 9.49. The standard InChI is InChI=1S/C12H11N3O4S/c1-6-10(12(18)19)11(20-15-6)14-13-5-7-2-3-8(16)4-9(7)17/h2-5,14,16-17H,1H3,(H,18,19)/b13-5+. The lowest BCUT2D eigenvalue weighted by Gasteiger charge is -2.00. The smallest absolute Gasteiger partial charge is 0.340 e. The molecular formula is C12H11N3O4S. The Morgan fingerprint density at radius 3 is 2.85 bits per heavy atom. The van der Waals surface area contributed by atoms with Crippen molar-refractivity contribution >= 4 is 28.7 Å². The summed E-state index contributed by atoms with van der Waals surface area (Å²) in [5.41, 5.74) is 3.44. The highest BCUT2D eigenvalue weighted by molar-refractivity contribution is 7.10. The minimum absolute atomic E-state index is 0.0566. The van der Waals surface area contributed by atoms with Crippen LogP contribution >= 0.6 is 11.5 Å². The third-order valence-corrected chi connectivity index (χ3v) is 3.30. The topological polar surface area (TPSA) is 115 Å². The lowest BCUT2D eigenvalue weighted by molar-refractivity contribution is 0.0697. The monoisotopic (exact) mass is 293 g/mol. The Morgan fingerprint density at radius 2 is 2.20 bits per heavy atom. The van der Waals surface area contributed by atoms with Crippen molar-refractivity contribution in [1.82, 2.24) is 4.37 Å². The Kier molecular flexibility index (Phi) is 3.85. The number of benzene rings is 1. The van der Waals surface area contributed by atoms with E-state index in [1.54, 1.807) is 6.92 Å². The van der Waals surface area contributed by atoms with E-state index in [0.717, 1.165) is 11.5 Å². The average molecular weight is 293 g/mol. The third-order valence-electron chi connectivity index (χ3n) is 2.46. The van der Waals surface area contributed by atoms with Gasteiger partial charge in [-0.3, -0.25) is 5.43 Å². The lowest BCUT2D eigenvalue weighted by atomic mass is 10.2. The summed E-state index contributed by atoms with van der Waals surface area (Å²) in [6.07, 6.45) is 1.31. The second-order valence-corrected chi connectivity index (χ2v) is 4.66. The Balaban J connectivity index is 2.16. The number of aromatic hydroxyl groups is 2. The van der Waals surface area contributed by atoms with Crippen LogP contribution in [0.5, 0.6) is 11.5 Å². The third kappa shape index (κ3) is 2.86. The zero-order chi connectivity index (χ0) is 14.7. The summed E-state index contributed by atoms with van der Waals surface area (Å²) >= 11 is 0.988. The van der Waals surface area contributed by atoms with E-state index in [4.69, 9.17) is 10.2 Å². The first kappa shape index (κ1) is 13.8. The SMILES string of the molecule is Cc1nsc(N/N=C/c2ccc(O)cc2O)c1C(=O)O. The quantitative estimate of drug-likeness (QED) is 0.506. The van der Waals surface area contributed by atoms with Gasteiger partial charge in [0.05, 0.1) is 11.9 Å². The summed E-state index contributed by atoms with van der Waals surface area (Å²) in [6.45, 7) is 1.60. The zero-order valence-electron chi connectivity index (χ0n) is 10.4. The number of aromatic carboxylic acids is 1. The molecule has 0 aliphatic carbocycles. The Hall–Kier alpha value is -2.61. The maximum atomic E-state index is 11.0. The highest BCUT2D eigenvalue weighted by atomic mass is 32.1. The molecule has 1 aromatic carbocycles. The average Bonchev–Trinajstić information content (AvgIpc) is 2.73. The van der Waals surface area contributed by atoms with Gasteiger partial charge >= 0.3 is 5.97 Å². The molecule has 0 saturated heterocycles. The predicted molar refractivity (Wildman–Crippen MR) is 74.8 cm³/mol. The molecule has 0 radical (unpaired) electrons. The molecule has 4 N–H and O–H groups in total. The number of carbonyl (C=O) groups is 1. The number of carboxylic acid groups (broad SMARTS) is 1. The van der Waals surface area contributed by atoms with Crippen molar-refractivity contribution in [3.05, 3.63) is 35.0 Å². The van der Waals surface area contributed by atoms with Gasteiger partial charge < -0.3 is 15.3 Å². The molecule has 0 aliphatic rings. The van der Waals surface area contributed by atoms with Gasteiger partial charge in [-0.25, -0.2) is 4.79 Å². The molecule has 104 valence electrons. The van der Waals surface area contributed by atoms with Gasteiger partial charge in [0.2, 0.25) is 0 Å². The normalized spacial score (nSPS) is 10.8. The van der Waals surface area contributed by atoms with Crippen molar-refractivity contribution in [2.24, 2.45) is 5.10 Å². The van der Waals surface area contributed by atoms with E-state index in [-0.39, 0.29) is 17.1 Å². The summed E-state index contributed by atoms with van der Waals surface area (Å²) in [6, 6.07) is 4.06. The highest BCUT2D eigenvalue weighted by Crippen LogP contribution is 2.25. The van der Waals surface area contributed by atoms with Crippen LogP contribution in [-0.2, 0) is 0 Å². The number of hydrogen-bond donors (Lipinski definition) is 4. The number of rotatable bonds is 4. The Labute approximate surface area is 118 Å². The molecule has 20 heavy (non-hydrogen) atoms. The van der Waals surface area contributed by atoms with E-state index in [2.05, 4.69) is 14.9 Å². The van der Waals surface area contributed by atoms with Crippen molar-refractivity contribution in [2.75, 3.05) is 5.43 Å². The summed E-state index contributed by atoms with van der Waals surface area (Å²) in [5.74, 6) is -1.27. The molecule has 0 unspecified atom stereocenters. The van der Waals surface area contributed by atoms with Crippen LogP contribution in [0.2, 0.25) is 0 Å². The fraction of sp³-hybridized carbons (Fsp3) is 0.0833. The second-order valence-electron chi connectivity index (χ2n) is 3.89. The first-order valence-electron chi connectivity index (χ1n) is 5.49. The molecule has 0 fully saturated rings.